The van der Waals surface area contributed by atoms with Gasteiger partial charge in [0.2, 0.25) is 0 Å². The summed E-state index contributed by atoms with van der Waals surface area (Å²) >= 11 is 0. The van der Waals surface area contributed by atoms with Crippen LogP contribution in [0.3, 0.4) is 0 Å². The zero-order chi connectivity index (χ0) is 23.0. The Hall–Kier alpha value is -3.32. The third-order valence-corrected chi connectivity index (χ3v) is 8.13. The number of nitrogens with zero attached hydrogens (tertiary/aromatic N) is 1. The van der Waals surface area contributed by atoms with E-state index < -0.39 is 16.1 Å². The highest BCUT2D eigenvalue weighted by molar-refractivity contribution is 7.92. The molecule has 2 atom stereocenters. The number of para-hydroxylation sites is 2. The van der Waals surface area contributed by atoms with Gasteiger partial charge in [-0.05, 0) is 67.1 Å². The minimum atomic E-state index is -3.86. The lowest BCUT2D eigenvalue weighted by molar-refractivity contribution is -0.128. The summed E-state index contributed by atoms with van der Waals surface area (Å²) in [5.74, 6) is 0.0272. The molecule has 1 aliphatic heterocycles. The third-order valence-electron chi connectivity index (χ3n) is 6.34. The highest BCUT2D eigenvalue weighted by Gasteiger charge is 2.37. The van der Waals surface area contributed by atoms with Gasteiger partial charge < -0.3 is 10.1 Å². The Balaban J connectivity index is 1.39. The first kappa shape index (κ1) is 21.5. The fourth-order valence-corrected chi connectivity index (χ4v) is 6.03. The van der Waals surface area contributed by atoms with Crippen molar-refractivity contribution in [2.45, 2.75) is 43.2 Å². The summed E-state index contributed by atoms with van der Waals surface area (Å²) in [4.78, 5) is 13.4. The number of ether oxygens (including phenoxy) is 1. The quantitative estimate of drug-likeness (QED) is 0.622. The first-order chi connectivity index (χ1) is 15.9. The first-order valence-corrected chi connectivity index (χ1v) is 12.6. The number of sulfonamides is 1. The van der Waals surface area contributed by atoms with Crippen molar-refractivity contribution in [2.24, 2.45) is 0 Å². The summed E-state index contributed by atoms with van der Waals surface area (Å²) in [5.41, 5.74) is 4.19. The van der Waals surface area contributed by atoms with E-state index in [9.17, 15) is 13.2 Å². The lowest BCUT2D eigenvalue weighted by Crippen LogP contribution is -2.51. The molecule has 0 saturated carbocycles. The normalized spacial score (nSPS) is 18.1. The molecule has 5 rings (SSSR count). The van der Waals surface area contributed by atoms with Gasteiger partial charge in [0.15, 0.2) is 6.10 Å². The maximum atomic E-state index is 13.4. The van der Waals surface area contributed by atoms with E-state index in [4.69, 9.17) is 4.74 Å². The van der Waals surface area contributed by atoms with Gasteiger partial charge in [-0.25, -0.2) is 8.42 Å². The highest BCUT2D eigenvalue weighted by atomic mass is 32.2. The Morgan fingerprint density at radius 1 is 1.00 bits per heavy atom. The average molecular weight is 463 g/mol. The van der Waals surface area contributed by atoms with Crippen LogP contribution in [-0.4, -0.2) is 27.0 Å². The van der Waals surface area contributed by atoms with E-state index in [0.29, 0.717) is 11.4 Å². The van der Waals surface area contributed by atoms with Gasteiger partial charge in [0.25, 0.3) is 15.9 Å². The summed E-state index contributed by atoms with van der Waals surface area (Å²) < 4.78 is 34.0. The Morgan fingerprint density at radius 3 is 2.55 bits per heavy atom. The van der Waals surface area contributed by atoms with Crippen LogP contribution < -0.4 is 14.4 Å². The third kappa shape index (κ3) is 4.09. The van der Waals surface area contributed by atoms with Crippen LogP contribution in [-0.2, 0) is 27.7 Å². The topological polar surface area (TPSA) is 75.7 Å². The van der Waals surface area contributed by atoms with Gasteiger partial charge in [0, 0.05) is 0 Å². The zero-order valence-corrected chi connectivity index (χ0v) is 19.2. The van der Waals surface area contributed by atoms with E-state index in [-0.39, 0.29) is 23.4 Å². The number of hydrogen-bond donors (Lipinski definition) is 1. The first-order valence-electron chi connectivity index (χ1n) is 11.2. The second-order valence-electron chi connectivity index (χ2n) is 8.54. The molecule has 0 fully saturated rings. The molecule has 1 amide bonds. The van der Waals surface area contributed by atoms with Crippen LogP contribution in [0.4, 0.5) is 5.69 Å². The van der Waals surface area contributed by atoms with E-state index >= 15 is 0 Å². The van der Waals surface area contributed by atoms with Crippen molar-refractivity contribution in [1.82, 2.24) is 5.32 Å². The second kappa shape index (κ2) is 8.56. The zero-order valence-electron chi connectivity index (χ0n) is 18.4. The lowest BCUT2D eigenvalue weighted by atomic mass is 10.0. The van der Waals surface area contributed by atoms with E-state index in [1.165, 1.54) is 21.9 Å². The van der Waals surface area contributed by atoms with E-state index in [2.05, 4.69) is 23.5 Å². The number of fused-ring (bicyclic) bond motifs is 2. The highest BCUT2D eigenvalue weighted by Crippen LogP contribution is 2.37. The number of nitrogens with one attached hydrogen (secondary N) is 1. The molecular weight excluding hydrogens is 436 g/mol. The average Bonchev–Trinajstić information content (AvgIpc) is 3.31. The Morgan fingerprint density at radius 2 is 1.73 bits per heavy atom. The number of anilines is 1. The molecule has 2 aliphatic rings. The predicted octanol–water partition coefficient (Wildman–Crippen LogP) is 4.01. The molecule has 3 aromatic carbocycles. The predicted molar refractivity (Wildman–Crippen MR) is 127 cm³/mol. The molecule has 7 heteroatoms. The minimum absolute atomic E-state index is 0.100. The molecule has 1 N–H and O–H groups in total. The molecule has 6 nitrogen and oxygen atoms in total. The molecule has 1 heterocycles. The number of hydrogen-bond acceptors (Lipinski definition) is 4. The van der Waals surface area contributed by atoms with Crippen LogP contribution in [0, 0.1) is 0 Å². The summed E-state index contributed by atoms with van der Waals surface area (Å²) in [6, 6.07) is 21.3. The Labute approximate surface area is 194 Å². The van der Waals surface area contributed by atoms with Gasteiger partial charge >= 0.3 is 0 Å². The minimum Gasteiger partial charge on any atom is -0.476 e. The van der Waals surface area contributed by atoms with Crippen molar-refractivity contribution < 1.29 is 17.9 Å². The second-order valence-corrected chi connectivity index (χ2v) is 10.4. The lowest BCUT2D eigenvalue weighted by Gasteiger charge is -2.35. The standard InChI is InChI=1S/C26H26N2O4S/c1-18(20-15-14-19-8-7-9-21(19)16-20)27-26(29)25-17-28(23-12-5-6-13-24(23)32-25)33(30,31)22-10-3-2-4-11-22/h2-6,10-16,18,25H,7-9,17H2,1H3,(H,27,29). The molecule has 0 saturated heterocycles. The van der Waals surface area contributed by atoms with Gasteiger partial charge in [-0.15, -0.1) is 0 Å². The molecule has 3 aromatic rings. The Bertz CT molecular complexity index is 1290. The SMILES string of the molecule is CC(NC(=O)C1CN(S(=O)(=O)c2ccccc2)c2ccccc2O1)c1ccc2c(c1)CCC2. The van der Waals surface area contributed by atoms with Crippen LogP contribution >= 0.6 is 0 Å². The van der Waals surface area contributed by atoms with Gasteiger partial charge in [-0.1, -0.05) is 48.5 Å². The monoisotopic (exact) mass is 462 g/mol. The molecule has 0 bridgehead atoms. The van der Waals surface area contributed by atoms with Crippen molar-refractivity contribution in [3.05, 3.63) is 89.5 Å². The van der Waals surface area contributed by atoms with Gasteiger partial charge in [0.05, 0.1) is 23.2 Å². The summed E-state index contributed by atoms with van der Waals surface area (Å²) in [6.45, 7) is 1.83. The number of amides is 1. The molecule has 0 spiro atoms. The number of aryl methyl sites for hydroxylation is 2. The molecule has 33 heavy (non-hydrogen) atoms. The van der Waals surface area contributed by atoms with Crippen LogP contribution in [0.25, 0.3) is 0 Å². The molecule has 0 aromatic heterocycles. The maximum absolute atomic E-state index is 13.4. The van der Waals surface area contributed by atoms with E-state index in [1.807, 2.05) is 6.92 Å². The van der Waals surface area contributed by atoms with Crippen LogP contribution in [0.5, 0.6) is 5.75 Å². The molecule has 0 radical (unpaired) electrons. The molecule has 2 unspecified atom stereocenters. The summed E-state index contributed by atoms with van der Waals surface area (Å²) in [6.07, 6.45) is 2.38. The van der Waals surface area contributed by atoms with Crippen LogP contribution in [0.15, 0.2) is 77.7 Å². The molecule has 1 aliphatic carbocycles. The van der Waals surface area contributed by atoms with Crippen molar-refractivity contribution in [1.29, 1.82) is 0 Å². The fraction of sp³-hybridized carbons (Fsp3) is 0.269. The maximum Gasteiger partial charge on any atom is 0.264 e. The molecule has 170 valence electrons. The number of benzene rings is 3. The van der Waals surface area contributed by atoms with Gasteiger partial charge in [0.1, 0.15) is 5.75 Å². The summed E-state index contributed by atoms with van der Waals surface area (Å²) in [5, 5.41) is 3.01. The van der Waals surface area contributed by atoms with Crippen LogP contribution in [0.1, 0.15) is 36.1 Å². The van der Waals surface area contributed by atoms with Crippen molar-refractivity contribution in [3.8, 4) is 5.75 Å². The number of rotatable bonds is 5. The summed E-state index contributed by atoms with van der Waals surface area (Å²) in [7, 11) is -3.86. The van der Waals surface area contributed by atoms with Gasteiger partial charge in [-0.2, -0.15) is 0 Å². The van der Waals surface area contributed by atoms with Crippen molar-refractivity contribution >= 4 is 21.6 Å². The van der Waals surface area contributed by atoms with E-state index in [1.54, 1.807) is 54.6 Å². The van der Waals surface area contributed by atoms with E-state index in [0.717, 1.165) is 18.4 Å². The number of carbonyl (C=O) groups is 1. The molecular formula is C26H26N2O4S. The Kier molecular flexibility index (Phi) is 5.58. The smallest absolute Gasteiger partial charge is 0.264 e. The fourth-order valence-electron chi connectivity index (χ4n) is 4.54. The van der Waals surface area contributed by atoms with Crippen LogP contribution in [0.2, 0.25) is 0 Å². The van der Waals surface area contributed by atoms with Gasteiger partial charge in [-0.3, -0.25) is 9.10 Å². The van der Waals surface area contributed by atoms with Crippen molar-refractivity contribution in [2.75, 3.05) is 10.8 Å². The number of carbonyl (C=O) groups excluding carboxylic acids is 1. The largest absolute Gasteiger partial charge is 0.476 e. The van der Waals surface area contributed by atoms with Crippen molar-refractivity contribution in [3.63, 3.8) is 0 Å².